The molecule has 1 amide bonds. The molecular weight excluding hydrogens is 384 g/mol. The lowest BCUT2D eigenvalue weighted by Crippen LogP contribution is -2.47. The lowest BCUT2D eigenvalue weighted by Gasteiger charge is -2.37. The van der Waals surface area contributed by atoms with Crippen molar-refractivity contribution in [3.8, 4) is 11.3 Å². The number of rotatable bonds is 4. The van der Waals surface area contributed by atoms with Gasteiger partial charge in [-0.05, 0) is 64.3 Å². The van der Waals surface area contributed by atoms with Crippen molar-refractivity contribution in [2.75, 3.05) is 4.90 Å². The standard InChI is InChI=1S/C22H24N4O4/c1-22(2,3)30-21(29)25(16-5-4-6-16)19-12-11-18-23-13-17(26(18)24-19)14-7-9-15(10-8-14)20(27)28/h7-13,16H,4-6H2,1-3H3,(H,27,28). The van der Waals surface area contributed by atoms with Crippen LogP contribution in [-0.4, -0.2) is 43.4 Å². The Kier molecular flexibility index (Phi) is 4.93. The monoisotopic (exact) mass is 408 g/mol. The highest BCUT2D eigenvalue weighted by atomic mass is 16.6. The number of aromatic carboxylic acids is 1. The Morgan fingerprint density at radius 1 is 1.13 bits per heavy atom. The Balaban J connectivity index is 1.73. The maximum absolute atomic E-state index is 12.9. The van der Waals surface area contributed by atoms with Crippen LogP contribution in [0.5, 0.6) is 0 Å². The number of carboxylic acid groups (broad SMARTS) is 1. The largest absolute Gasteiger partial charge is 0.478 e. The number of hydrogen-bond acceptors (Lipinski definition) is 5. The van der Waals surface area contributed by atoms with E-state index in [-0.39, 0.29) is 11.6 Å². The normalized spacial score (nSPS) is 14.4. The number of nitrogens with zero attached hydrogens (tertiary/aromatic N) is 4. The van der Waals surface area contributed by atoms with E-state index in [0.717, 1.165) is 24.8 Å². The molecule has 0 aliphatic heterocycles. The van der Waals surface area contributed by atoms with Gasteiger partial charge in [0.25, 0.3) is 0 Å². The van der Waals surface area contributed by atoms with E-state index in [1.807, 2.05) is 26.8 Å². The summed E-state index contributed by atoms with van der Waals surface area (Å²) in [4.78, 5) is 30.0. The van der Waals surface area contributed by atoms with Crippen LogP contribution in [0.4, 0.5) is 10.6 Å². The second-order valence-electron chi connectivity index (χ2n) is 8.42. The Labute approximate surface area is 174 Å². The molecule has 1 fully saturated rings. The number of aromatic nitrogens is 3. The third-order valence-corrected chi connectivity index (χ3v) is 5.05. The van der Waals surface area contributed by atoms with Crippen molar-refractivity contribution < 1.29 is 19.4 Å². The fraction of sp³-hybridized carbons (Fsp3) is 0.364. The summed E-state index contributed by atoms with van der Waals surface area (Å²) in [6.07, 6.45) is 4.16. The molecule has 0 radical (unpaired) electrons. The van der Waals surface area contributed by atoms with Gasteiger partial charge in [0.05, 0.1) is 17.5 Å². The number of carboxylic acids is 1. The number of carbonyl (C=O) groups excluding carboxylic acids is 1. The van der Waals surface area contributed by atoms with E-state index >= 15 is 0 Å². The van der Waals surface area contributed by atoms with Crippen molar-refractivity contribution in [1.29, 1.82) is 0 Å². The van der Waals surface area contributed by atoms with Crippen molar-refractivity contribution in [2.24, 2.45) is 0 Å². The lowest BCUT2D eigenvalue weighted by atomic mass is 9.92. The van der Waals surface area contributed by atoms with E-state index in [0.29, 0.717) is 17.2 Å². The van der Waals surface area contributed by atoms with Crippen LogP contribution in [0.15, 0.2) is 42.6 Å². The summed E-state index contributed by atoms with van der Waals surface area (Å²) in [5, 5.41) is 13.8. The van der Waals surface area contributed by atoms with Gasteiger partial charge in [0.1, 0.15) is 5.60 Å². The summed E-state index contributed by atoms with van der Waals surface area (Å²) in [5.74, 6) is -0.475. The van der Waals surface area contributed by atoms with Gasteiger partial charge in [-0.25, -0.2) is 19.1 Å². The number of ether oxygens (including phenoxy) is 1. The average molecular weight is 408 g/mol. The van der Waals surface area contributed by atoms with Gasteiger partial charge in [0.2, 0.25) is 0 Å². The van der Waals surface area contributed by atoms with Gasteiger partial charge >= 0.3 is 12.1 Å². The number of fused-ring (bicyclic) bond motifs is 1. The number of carbonyl (C=O) groups is 2. The second-order valence-corrected chi connectivity index (χ2v) is 8.42. The smallest absolute Gasteiger partial charge is 0.416 e. The number of benzene rings is 1. The predicted octanol–water partition coefficient (Wildman–Crippen LogP) is 4.39. The van der Waals surface area contributed by atoms with Crippen LogP contribution < -0.4 is 4.90 Å². The maximum Gasteiger partial charge on any atom is 0.416 e. The van der Waals surface area contributed by atoms with Gasteiger partial charge in [-0.1, -0.05) is 12.1 Å². The molecular formula is C22H24N4O4. The molecule has 1 saturated carbocycles. The summed E-state index contributed by atoms with van der Waals surface area (Å²) >= 11 is 0. The summed E-state index contributed by atoms with van der Waals surface area (Å²) in [6, 6.07) is 10.2. The van der Waals surface area contributed by atoms with Crippen LogP contribution in [0.3, 0.4) is 0 Å². The third kappa shape index (κ3) is 3.85. The van der Waals surface area contributed by atoms with Gasteiger partial charge in [-0.3, -0.25) is 4.90 Å². The first-order valence-corrected chi connectivity index (χ1v) is 9.94. The zero-order chi connectivity index (χ0) is 21.5. The van der Waals surface area contributed by atoms with Crippen molar-refractivity contribution in [3.63, 3.8) is 0 Å². The van der Waals surface area contributed by atoms with Crippen LogP contribution in [0.25, 0.3) is 16.9 Å². The van der Waals surface area contributed by atoms with Crippen LogP contribution in [0.2, 0.25) is 0 Å². The van der Waals surface area contributed by atoms with E-state index in [1.165, 1.54) is 0 Å². The summed E-state index contributed by atoms with van der Waals surface area (Å²) in [5.41, 5.74) is 1.73. The molecule has 2 aromatic heterocycles. The van der Waals surface area contributed by atoms with Crippen LogP contribution in [0, 0.1) is 0 Å². The molecule has 2 heterocycles. The van der Waals surface area contributed by atoms with E-state index in [1.54, 1.807) is 45.9 Å². The zero-order valence-electron chi connectivity index (χ0n) is 17.2. The topological polar surface area (TPSA) is 97.0 Å². The Morgan fingerprint density at radius 3 is 2.40 bits per heavy atom. The molecule has 0 spiro atoms. The Morgan fingerprint density at radius 2 is 1.83 bits per heavy atom. The summed E-state index contributed by atoms with van der Waals surface area (Å²) in [7, 11) is 0. The highest BCUT2D eigenvalue weighted by Crippen LogP contribution is 2.31. The van der Waals surface area contributed by atoms with E-state index in [2.05, 4.69) is 10.1 Å². The van der Waals surface area contributed by atoms with E-state index < -0.39 is 17.7 Å². The molecule has 8 heteroatoms. The fourth-order valence-electron chi connectivity index (χ4n) is 3.36. The Bertz CT molecular complexity index is 1090. The van der Waals surface area contributed by atoms with E-state index in [9.17, 15) is 9.59 Å². The molecule has 1 aliphatic carbocycles. The minimum Gasteiger partial charge on any atom is -0.478 e. The average Bonchev–Trinajstić information content (AvgIpc) is 3.06. The van der Waals surface area contributed by atoms with Gasteiger partial charge < -0.3 is 9.84 Å². The van der Waals surface area contributed by atoms with Gasteiger partial charge in [-0.2, -0.15) is 0 Å². The highest BCUT2D eigenvalue weighted by Gasteiger charge is 2.34. The first-order chi connectivity index (χ1) is 14.2. The molecule has 1 aromatic carbocycles. The number of anilines is 1. The van der Waals surface area contributed by atoms with Crippen molar-refractivity contribution >= 4 is 23.5 Å². The Hall–Kier alpha value is -3.42. The van der Waals surface area contributed by atoms with Crippen molar-refractivity contribution in [2.45, 2.75) is 51.7 Å². The van der Waals surface area contributed by atoms with Crippen molar-refractivity contribution in [1.82, 2.24) is 14.6 Å². The molecule has 0 saturated heterocycles. The molecule has 3 aromatic rings. The first kappa shape index (κ1) is 19.9. The SMILES string of the molecule is CC(C)(C)OC(=O)N(c1ccc2ncc(-c3ccc(C(=O)O)cc3)n2n1)C1CCC1. The molecule has 1 aliphatic rings. The third-order valence-electron chi connectivity index (χ3n) is 5.05. The molecule has 4 rings (SSSR count). The highest BCUT2D eigenvalue weighted by molar-refractivity contribution is 5.89. The van der Waals surface area contributed by atoms with Gasteiger partial charge in [0.15, 0.2) is 11.5 Å². The lowest BCUT2D eigenvalue weighted by molar-refractivity contribution is 0.0546. The summed E-state index contributed by atoms with van der Waals surface area (Å²) in [6.45, 7) is 5.53. The molecule has 8 nitrogen and oxygen atoms in total. The predicted molar refractivity (Wildman–Crippen MR) is 112 cm³/mol. The minimum atomic E-state index is -0.978. The minimum absolute atomic E-state index is 0.0617. The van der Waals surface area contributed by atoms with Crippen molar-refractivity contribution in [3.05, 3.63) is 48.2 Å². The molecule has 30 heavy (non-hydrogen) atoms. The molecule has 156 valence electrons. The molecule has 1 N–H and O–H groups in total. The zero-order valence-corrected chi connectivity index (χ0v) is 17.2. The first-order valence-electron chi connectivity index (χ1n) is 9.94. The van der Waals surface area contributed by atoms with E-state index in [4.69, 9.17) is 9.84 Å². The number of imidazole rings is 1. The van der Waals surface area contributed by atoms with Gasteiger partial charge in [-0.15, -0.1) is 5.10 Å². The quantitative estimate of drug-likeness (QED) is 0.688. The number of hydrogen-bond donors (Lipinski definition) is 1. The van der Waals surface area contributed by atoms with Gasteiger partial charge in [0, 0.05) is 11.6 Å². The van der Waals surface area contributed by atoms with Crippen LogP contribution >= 0.6 is 0 Å². The number of amides is 1. The molecule has 0 bridgehead atoms. The molecule has 0 unspecified atom stereocenters. The maximum atomic E-state index is 12.9. The van der Waals surface area contributed by atoms with Crippen LogP contribution in [-0.2, 0) is 4.74 Å². The summed E-state index contributed by atoms with van der Waals surface area (Å²) < 4.78 is 7.29. The fourth-order valence-corrected chi connectivity index (χ4v) is 3.36. The molecule has 0 atom stereocenters. The van der Waals surface area contributed by atoms with Crippen LogP contribution in [0.1, 0.15) is 50.4 Å². The second kappa shape index (κ2) is 7.44.